The quantitative estimate of drug-likeness (QED) is 0.765. The molecule has 2 rings (SSSR count). The normalized spacial score (nSPS) is 23.4. The van der Waals surface area contributed by atoms with Crippen LogP contribution >= 0.6 is 0 Å². The summed E-state index contributed by atoms with van der Waals surface area (Å²) in [6.45, 7) is 2.29. The predicted molar refractivity (Wildman–Crippen MR) is 65.0 cm³/mol. The van der Waals surface area contributed by atoms with Crippen LogP contribution < -0.4 is 4.74 Å². The number of hydrogen-bond donors (Lipinski definition) is 0. The Morgan fingerprint density at radius 1 is 1.33 bits per heavy atom. The summed E-state index contributed by atoms with van der Waals surface area (Å²) in [6, 6.07) is 0. The molecule has 98 valence electrons. The van der Waals surface area contributed by atoms with Gasteiger partial charge >= 0.3 is 5.97 Å². The molecule has 0 unspecified atom stereocenters. The number of hydrogen-bond acceptors (Lipinski definition) is 5. The van der Waals surface area contributed by atoms with Crippen LogP contribution in [0.2, 0.25) is 0 Å². The van der Waals surface area contributed by atoms with Gasteiger partial charge < -0.3 is 9.47 Å². The van der Waals surface area contributed by atoms with E-state index in [0.29, 0.717) is 12.5 Å². The van der Waals surface area contributed by atoms with Gasteiger partial charge in [0, 0.05) is 12.4 Å². The van der Waals surface area contributed by atoms with Crippen molar-refractivity contribution in [3.63, 3.8) is 0 Å². The van der Waals surface area contributed by atoms with E-state index in [0.717, 1.165) is 25.7 Å². The lowest BCUT2D eigenvalue weighted by Gasteiger charge is -2.27. The molecule has 0 saturated heterocycles. The number of carbonyl (C=O) groups excluding carboxylic acids is 1. The van der Waals surface area contributed by atoms with Crippen molar-refractivity contribution in [1.82, 2.24) is 9.97 Å². The molecule has 0 N–H and O–H groups in total. The lowest BCUT2D eigenvalue weighted by Crippen LogP contribution is -2.29. The van der Waals surface area contributed by atoms with Gasteiger partial charge in [0.2, 0.25) is 5.88 Å². The van der Waals surface area contributed by atoms with Crippen molar-refractivity contribution in [2.45, 2.75) is 38.7 Å². The van der Waals surface area contributed by atoms with Crippen molar-refractivity contribution < 1.29 is 14.3 Å². The fraction of sp³-hybridized carbons (Fsp3) is 0.615. The van der Waals surface area contributed by atoms with E-state index in [-0.39, 0.29) is 18.0 Å². The van der Waals surface area contributed by atoms with Crippen molar-refractivity contribution in [2.75, 3.05) is 6.61 Å². The molecule has 0 bridgehead atoms. The minimum absolute atomic E-state index is 0.0339. The highest BCUT2D eigenvalue weighted by atomic mass is 16.5. The highest BCUT2D eigenvalue weighted by Crippen LogP contribution is 2.27. The summed E-state index contributed by atoms with van der Waals surface area (Å²) >= 11 is 0. The van der Waals surface area contributed by atoms with Crippen molar-refractivity contribution in [3.8, 4) is 5.88 Å². The van der Waals surface area contributed by atoms with E-state index in [1.165, 1.54) is 0 Å². The minimum Gasteiger partial charge on any atom is -0.473 e. The molecule has 1 aromatic rings. The van der Waals surface area contributed by atoms with Crippen LogP contribution in [0.4, 0.5) is 0 Å². The van der Waals surface area contributed by atoms with Gasteiger partial charge in [0.1, 0.15) is 6.10 Å². The van der Waals surface area contributed by atoms with Crippen LogP contribution in [0, 0.1) is 5.92 Å². The molecule has 0 atom stereocenters. The van der Waals surface area contributed by atoms with Gasteiger partial charge in [-0.25, -0.2) is 4.98 Å². The molecule has 0 amide bonds. The van der Waals surface area contributed by atoms with Crippen LogP contribution in [0.5, 0.6) is 5.88 Å². The largest absolute Gasteiger partial charge is 0.473 e. The lowest BCUT2D eigenvalue weighted by atomic mass is 9.87. The van der Waals surface area contributed by atoms with Crippen molar-refractivity contribution in [3.05, 3.63) is 18.6 Å². The summed E-state index contributed by atoms with van der Waals surface area (Å²) in [7, 11) is 0. The Morgan fingerprint density at radius 2 is 2.11 bits per heavy atom. The van der Waals surface area contributed by atoms with Gasteiger partial charge in [0.25, 0.3) is 0 Å². The average molecular weight is 250 g/mol. The maximum Gasteiger partial charge on any atom is 0.308 e. The predicted octanol–water partition coefficient (Wildman–Crippen LogP) is 1.98. The second-order valence-corrected chi connectivity index (χ2v) is 4.39. The second-order valence-electron chi connectivity index (χ2n) is 4.39. The number of esters is 1. The first-order valence-corrected chi connectivity index (χ1v) is 6.39. The maximum absolute atomic E-state index is 11.6. The molecule has 0 aromatic carbocycles. The van der Waals surface area contributed by atoms with E-state index in [1.807, 2.05) is 6.92 Å². The zero-order chi connectivity index (χ0) is 12.8. The maximum atomic E-state index is 11.6. The molecular weight excluding hydrogens is 232 g/mol. The first kappa shape index (κ1) is 12.8. The summed E-state index contributed by atoms with van der Waals surface area (Å²) in [5.74, 6) is 0.513. The van der Waals surface area contributed by atoms with Gasteiger partial charge in [0.15, 0.2) is 0 Å². The first-order valence-electron chi connectivity index (χ1n) is 6.39. The molecular formula is C13H18N2O3. The zero-order valence-electron chi connectivity index (χ0n) is 10.5. The Hall–Kier alpha value is -1.65. The molecule has 18 heavy (non-hydrogen) atoms. The number of nitrogens with zero attached hydrogens (tertiary/aromatic N) is 2. The van der Waals surface area contributed by atoms with Gasteiger partial charge in [-0.3, -0.25) is 9.78 Å². The van der Waals surface area contributed by atoms with Crippen LogP contribution in [0.3, 0.4) is 0 Å². The monoisotopic (exact) mass is 250 g/mol. The highest BCUT2D eigenvalue weighted by molar-refractivity contribution is 5.72. The van der Waals surface area contributed by atoms with Crippen LogP contribution in [0.15, 0.2) is 18.6 Å². The zero-order valence-corrected chi connectivity index (χ0v) is 10.5. The lowest BCUT2D eigenvalue weighted by molar-refractivity contribution is -0.149. The molecule has 1 aliphatic rings. The average Bonchev–Trinajstić information content (AvgIpc) is 2.41. The third kappa shape index (κ3) is 3.42. The number of rotatable bonds is 4. The summed E-state index contributed by atoms with van der Waals surface area (Å²) in [5, 5.41) is 0. The fourth-order valence-electron chi connectivity index (χ4n) is 2.19. The number of carbonyl (C=O) groups is 1. The summed E-state index contributed by atoms with van der Waals surface area (Å²) in [5.41, 5.74) is 0. The Labute approximate surface area is 107 Å². The molecule has 5 nitrogen and oxygen atoms in total. The van der Waals surface area contributed by atoms with E-state index in [2.05, 4.69) is 9.97 Å². The Kier molecular flexibility index (Phi) is 4.50. The third-order valence-corrected chi connectivity index (χ3v) is 3.12. The molecule has 1 heterocycles. The summed E-state index contributed by atoms with van der Waals surface area (Å²) in [4.78, 5) is 19.6. The van der Waals surface area contributed by atoms with Gasteiger partial charge in [-0.15, -0.1) is 0 Å². The van der Waals surface area contributed by atoms with Gasteiger partial charge in [-0.2, -0.15) is 0 Å². The molecule has 1 aromatic heterocycles. The van der Waals surface area contributed by atoms with Crippen LogP contribution in [-0.4, -0.2) is 28.6 Å². The molecule has 0 radical (unpaired) electrons. The van der Waals surface area contributed by atoms with Crippen LogP contribution in [0.25, 0.3) is 0 Å². The Morgan fingerprint density at radius 3 is 2.72 bits per heavy atom. The van der Waals surface area contributed by atoms with E-state index in [1.54, 1.807) is 18.6 Å². The standard InChI is InChI=1S/C13H18N2O3/c1-2-17-13(16)10-3-5-11(6-4-10)18-12-9-14-7-8-15-12/h7-11H,2-6H2,1H3/t10-,11-. The van der Waals surface area contributed by atoms with Crippen molar-refractivity contribution in [2.24, 2.45) is 5.92 Å². The molecule has 1 saturated carbocycles. The number of aromatic nitrogens is 2. The second kappa shape index (κ2) is 6.33. The van der Waals surface area contributed by atoms with Gasteiger partial charge in [-0.1, -0.05) is 0 Å². The third-order valence-electron chi connectivity index (χ3n) is 3.12. The SMILES string of the molecule is CCOC(=O)[C@H]1CC[C@H](Oc2cnccn2)CC1. The van der Waals surface area contributed by atoms with E-state index < -0.39 is 0 Å². The van der Waals surface area contributed by atoms with Crippen LogP contribution in [0.1, 0.15) is 32.6 Å². The summed E-state index contributed by atoms with van der Waals surface area (Å²) < 4.78 is 10.8. The highest BCUT2D eigenvalue weighted by Gasteiger charge is 2.28. The van der Waals surface area contributed by atoms with E-state index in [9.17, 15) is 4.79 Å². The van der Waals surface area contributed by atoms with E-state index >= 15 is 0 Å². The Balaban J connectivity index is 1.78. The van der Waals surface area contributed by atoms with Crippen molar-refractivity contribution in [1.29, 1.82) is 0 Å². The van der Waals surface area contributed by atoms with Crippen LogP contribution in [-0.2, 0) is 9.53 Å². The van der Waals surface area contributed by atoms with E-state index in [4.69, 9.17) is 9.47 Å². The number of ether oxygens (including phenoxy) is 2. The molecule has 5 heteroatoms. The van der Waals surface area contributed by atoms with Gasteiger partial charge in [0.05, 0.1) is 18.7 Å². The topological polar surface area (TPSA) is 61.3 Å². The molecule has 0 spiro atoms. The summed E-state index contributed by atoms with van der Waals surface area (Å²) in [6.07, 6.45) is 8.34. The van der Waals surface area contributed by atoms with Gasteiger partial charge in [-0.05, 0) is 32.6 Å². The molecule has 1 fully saturated rings. The molecule has 1 aliphatic carbocycles. The van der Waals surface area contributed by atoms with Crippen molar-refractivity contribution >= 4 is 5.97 Å². The minimum atomic E-state index is -0.0737. The molecule has 0 aliphatic heterocycles. The first-order chi connectivity index (χ1) is 8.79. The fourth-order valence-corrected chi connectivity index (χ4v) is 2.19. The smallest absolute Gasteiger partial charge is 0.308 e. The Bertz CT molecular complexity index is 375.